The lowest BCUT2D eigenvalue weighted by Gasteiger charge is -2.57. The highest BCUT2D eigenvalue weighted by molar-refractivity contribution is 7.90. The lowest BCUT2D eigenvalue weighted by atomic mass is 9.58. The second-order valence-corrected chi connectivity index (χ2v) is 19.2. The minimum atomic E-state index is -4.02. The zero-order valence-corrected chi connectivity index (χ0v) is 34.0. The van der Waals surface area contributed by atoms with Gasteiger partial charge in [0.2, 0.25) is 10.0 Å². The standard InChI is InChI=1S/C42H56ClFN4O6S/c1-4-54-42(26-46-14-15-47-16-18-52-25-34(47)24-46)33-19-32(20-33)27(2)28(3)55(50,51)45-41(49)29-10-13-39-38(21-29)48(23-31-8-11-36(31)42)22-30-9-12-37(43)40(44)35(30)7-5-6-17-53-39/h9-10,12-13,19,21,27-28,31-32,34,36H,4-8,11,14-18,20,22-26H2,1-3H3,(H,45,49)/t27-,28-,31+,32+,34-,36-,42+/m1/s1. The van der Waals surface area contributed by atoms with Crippen LogP contribution in [0, 0.1) is 29.5 Å². The van der Waals surface area contributed by atoms with E-state index < -0.39 is 26.8 Å². The Morgan fingerprint density at radius 3 is 2.69 bits per heavy atom. The van der Waals surface area contributed by atoms with Gasteiger partial charge in [-0.2, -0.15) is 0 Å². The van der Waals surface area contributed by atoms with E-state index in [1.54, 1.807) is 31.2 Å². The number of nitrogens with one attached hydrogen (secondary N) is 1. The van der Waals surface area contributed by atoms with E-state index in [0.717, 1.165) is 77.2 Å². The van der Waals surface area contributed by atoms with Crippen molar-refractivity contribution in [3.8, 4) is 5.75 Å². The summed E-state index contributed by atoms with van der Waals surface area (Å²) in [5.41, 5.74) is 3.07. The third-order valence-corrected chi connectivity index (χ3v) is 15.9. The number of morpholine rings is 1. The number of rotatable bonds is 4. The largest absolute Gasteiger partial charge is 0.491 e. The van der Waals surface area contributed by atoms with Crippen LogP contribution in [0.2, 0.25) is 5.02 Å². The molecule has 2 saturated heterocycles. The number of anilines is 1. The quantitative estimate of drug-likeness (QED) is 0.370. The van der Waals surface area contributed by atoms with Crippen molar-refractivity contribution >= 4 is 33.2 Å². The fourth-order valence-electron chi connectivity index (χ4n) is 10.1. The summed E-state index contributed by atoms with van der Waals surface area (Å²) in [6.45, 7) is 13.8. The van der Waals surface area contributed by atoms with Gasteiger partial charge in [-0.3, -0.25) is 14.6 Å². The zero-order chi connectivity index (χ0) is 38.5. The number of allylic oxidation sites excluding steroid dienone is 1. The van der Waals surface area contributed by atoms with Crippen molar-refractivity contribution < 1.29 is 31.8 Å². The van der Waals surface area contributed by atoms with Crippen LogP contribution in [-0.2, 0) is 32.5 Å². The summed E-state index contributed by atoms with van der Waals surface area (Å²) in [5, 5.41) is -0.696. The Morgan fingerprint density at radius 1 is 1.07 bits per heavy atom. The molecule has 13 heteroatoms. The van der Waals surface area contributed by atoms with Crippen molar-refractivity contribution in [1.29, 1.82) is 0 Å². The third kappa shape index (κ3) is 7.56. The van der Waals surface area contributed by atoms with Gasteiger partial charge in [0.15, 0.2) is 0 Å². The Balaban J connectivity index is 1.23. The molecule has 0 aromatic heterocycles. The van der Waals surface area contributed by atoms with E-state index in [4.69, 9.17) is 25.8 Å². The molecule has 0 radical (unpaired) electrons. The topological polar surface area (TPSA) is 101 Å². The minimum absolute atomic E-state index is 0.0405. The van der Waals surface area contributed by atoms with Gasteiger partial charge >= 0.3 is 0 Å². The van der Waals surface area contributed by atoms with Gasteiger partial charge in [-0.1, -0.05) is 30.7 Å². The Morgan fingerprint density at radius 2 is 1.91 bits per heavy atom. The molecule has 300 valence electrons. The first-order valence-electron chi connectivity index (χ1n) is 20.4. The lowest BCUT2D eigenvalue weighted by Crippen LogP contribution is -2.64. The average Bonchev–Trinajstić information content (AvgIpc) is 3.16. The Labute approximate surface area is 330 Å². The molecule has 2 aromatic carbocycles. The van der Waals surface area contributed by atoms with Crippen LogP contribution in [0.4, 0.5) is 10.1 Å². The normalized spacial score (nSPS) is 32.9. The zero-order valence-electron chi connectivity index (χ0n) is 32.4. The van der Waals surface area contributed by atoms with Crippen LogP contribution in [0.25, 0.3) is 0 Å². The molecule has 4 bridgehead atoms. The Kier molecular flexibility index (Phi) is 11.3. The number of halogens is 2. The molecule has 1 saturated carbocycles. The van der Waals surface area contributed by atoms with Crippen molar-refractivity contribution in [2.75, 3.05) is 70.6 Å². The van der Waals surface area contributed by atoms with Crippen LogP contribution in [-0.4, -0.2) is 107 Å². The first-order chi connectivity index (χ1) is 26.5. The molecule has 7 atom stereocenters. The summed E-state index contributed by atoms with van der Waals surface area (Å²) in [6.07, 6.45) is 7.01. The molecule has 55 heavy (non-hydrogen) atoms. The summed E-state index contributed by atoms with van der Waals surface area (Å²) in [4.78, 5) is 21.1. The number of hydrogen-bond acceptors (Lipinski definition) is 9. The molecule has 10 nitrogen and oxygen atoms in total. The van der Waals surface area contributed by atoms with E-state index in [0.29, 0.717) is 62.2 Å². The number of amides is 1. The molecule has 3 fully saturated rings. The minimum Gasteiger partial charge on any atom is -0.491 e. The molecule has 7 aliphatic rings. The van der Waals surface area contributed by atoms with Crippen molar-refractivity contribution in [3.63, 3.8) is 0 Å². The Hall–Kier alpha value is -2.74. The number of benzene rings is 2. The average molecular weight is 799 g/mol. The first-order valence-corrected chi connectivity index (χ1v) is 22.3. The highest BCUT2D eigenvalue weighted by atomic mass is 35.5. The SMILES string of the molecule is CCO[C@@]1(CN2CCN3CCOC[C@H]3C2)C2=C[C@@H](C2)[C@H](C)[C@@H](C)S(=O)(=O)NC(=O)c2ccc3c(c2)N(Cc2ccc(Cl)c(F)c2CCCCO3)C[C@@H]2CC[C@H]21. The van der Waals surface area contributed by atoms with Crippen LogP contribution in [0.5, 0.6) is 5.75 Å². The van der Waals surface area contributed by atoms with Crippen LogP contribution in [0.15, 0.2) is 42.0 Å². The third-order valence-electron chi connectivity index (χ3n) is 13.7. The molecule has 5 aliphatic heterocycles. The summed E-state index contributed by atoms with van der Waals surface area (Å²) in [5.74, 6) is -0.199. The highest BCUT2D eigenvalue weighted by Gasteiger charge is 2.55. The van der Waals surface area contributed by atoms with E-state index in [2.05, 4.69) is 32.4 Å². The molecule has 5 heterocycles. The molecule has 0 unspecified atom stereocenters. The number of piperazine rings is 1. The maximum Gasteiger partial charge on any atom is 0.264 e. The summed E-state index contributed by atoms with van der Waals surface area (Å²) in [6, 6.07) is 9.06. The van der Waals surface area contributed by atoms with Crippen LogP contribution >= 0.6 is 11.6 Å². The molecule has 1 N–H and O–H groups in total. The van der Waals surface area contributed by atoms with E-state index in [9.17, 15) is 13.2 Å². The molecule has 9 rings (SSSR count). The van der Waals surface area contributed by atoms with Gasteiger partial charge in [-0.05, 0) is 117 Å². The van der Waals surface area contributed by atoms with E-state index in [-0.39, 0.29) is 40.1 Å². The van der Waals surface area contributed by atoms with Crippen molar-refractivity contribution in [2.24, 2.45) is 23.7 Å². The van der Waals surface area contributed by atoms with Gasteiger partial charge in [0.05, 0.1) is 35.8 Å². The fraction of sp³-hybridized carbons (Fsp3) is 0.643. The molecule has 2 aromatic rings. The van der Waals surface area contributed by atoms with Crippen LogP contribution in [0.3, 0.4) is 0 Å². The number of hydrogen-bond donors (Lipinski definition) is 1. The van der Waals surface area contributed by atoms with Crippen LogP contribution < -0.4 is 14.4 Å². The highest BCUT2D eigenvalue weighted by Crippen LogP contribution is 2.54. The molecular weight excluding hydrogens is 743 g/mol. The van der Waals surface area contributed by atoms with Crippen molar-refractivity contribution in [3.05, 3.63) is 69.5 Å². The number of sulfonamides is 1. The summed E-state index contributed by atoms with van der Waals surface area (Å²) in [7, 11) is -4.02. The maximum absolute atomic E-state index is 15.8. The van der Waals surface area contributed by atoms with Crippen molar-refractivity contribution in [1.82, 2.24) is 14.5 Å². The van der Waals surface area contributed by atoms with Gasteiger partial charge in [-0.25, -0.2) is 17.5 Å². The van der Waals surface area contributed by atoms with Gasteiger partial charge in [0.25, 0.3) is 5.91 Å². The van der Waals surface area contributed by atoms with Crippen LogP contribution in [0.1, 0.15) is 74.4 Å². The number of fused-ring (bicyclic) bond motifs is 6. The number of carbonyl (C=O) groups excluding carboxylic acids is 1. The predicted molar refractivity (Wildman–Crippen MR) is 212 cm³/mol. The molecular formula is C42H56ClFN4O6S. The second kappa shape index (κ2) is 15.9. The number of ether oxygens (including phenoxy) is 3. The molecule has 1 amide bonds. The van der Waals surface area contributed by atoms with Gasteiger partial charge in [0, 0.05) is 64.0 Å². The predicted octanol–water partition coefficient (Wildman–Crippen LogP) is 6.06. The van der Waals surface area contributed by atoms with E-state index in [1.807, 2.05) is 13.0 Å². The lowest BCUT2D eigenvalue weighted by molar-refractivity contribution is -0.132. The monoisotopic (exact) mass is 798 g/mol. The van der Waals surface area contributed by atoms with Gasteiger partial charge in [0.1, 0.15) is 17.2 Å². The Bertz CT molecular complexity index is 1910. The van der Waals surface area contributed by atoms with Crippen molar-refractivity contribution in [2.45, 2.75) is 82.7 Å². The summed E-state index contributed by atoms with van der Waals surface area (Å²) < 4.78 is 65.2. The summed E-state index contributed by atoms with van der Waals surface area (Å²) >= 11 is 6.35. The van der Waals surface area contributed by atoms with E-state index in [1.165, 1.54) is 5.57 Å². The first kappa shape index (κ1) is 39.1. The number of carbonyl (C=O) groups is 1. The molecule has 0 spiro atoms. The smallest absolute Gasteiger partial charge is 0.264 e. The maximum atomic E-state index is 15.8. The van der Waals surface area contributed by atoms with Gasteiger partial charge in [-0.15, -0.1) is 0 Å². The fourth-order valence-corrected chi connectivity index (χ4v) is 11.6. The van der Waals surface area contributed by atoms with E-state index >= 15 is 4.39 Å². The second-order valence-electron chi connectivity index (χ2n) is 16.7. The number of nitrogens with zero attached hydrogens (tertiary/aromatic N) is 3. The van der Waals surface area contributed by atoms with Gasteiger partial charge < -0.3 is 19.1 Å². The molecule has 2 aliphatic carbocycles.